The van der Waals surface area contributed by atoms with Crippen LogP contribution in [0.25, 0.3) is 0 Å². The molecule has 1 saturated heterocycles. The number of aryl methyl sites for hydroxylation is 1. The van der Waals surface area contributed by atoms with Gasteiger partial charge >= 0.3 is 6.61 Å². The molecule has 2 aromatic rings. The maximum Gasteiger partial charge on any atom is 0.387 e. The summed E-state index contributed by atoms with van der Waals surface area (Å²) in [5.74, 6) is 0.527. The van der Waals surface area contributed by atoms with Gasteiger partial charge in [-0.2, -0.15) is 8.78 Å². The number of amides is 1. The molecular weight excluding hydrogens is 430 g/mol. The zero-order valence-electron chi connectivity index (χ0n) is 18.7. The lowest BCUT2D eigenvalue weighted by molar-refractivity contribution is -0.126. The maximum absolute atomic E-state index is 13.1. The third-order valence-electron chi connectivity index (χ3n) is 6.31. The quantitative estimate of drug-likeness (QED) is 0.619. The fourth-order valence-corrected chi connectivity index (χ4v) is 4.40. The van der Waals surface area contributed by atoms with Gasteiger partial charge in [-0.1, -0.05) is 19.1 Å². The van der Waals surface area contributed by atoms with Crippen molar-refractivity contribution in [3.63, 3.8) is 0 Å². The Morgan fingerprint density at radius 3 is 2.67 bits per heavy atom. The van der Waals surface area contributed by atoms with E-state index in [0.29, 0.717) is 24.8 Å². The van der Waals surface area contributed by atoms with Crippen molar-refractivity contribution in [3.8, 4) is 5.75 Å². The standard InChI is InChI=1S/C24H30F2N4O3/c1-2-20(15-5-7-19(8-6-15)33-23(25)26)29-22(31)16-3-4-17-14-27-24(30-21(17)13-16)28-18-9-11-32-12-10-18/h5-8,14,16,18,20,23H,2-4,9-13H2,1H3,(H,29,31)(H,27,28,30)/t16-,20-/m1/s1. The molecule has 0 unspecified atom stereocenters. The Kier molecular flexibility index (Phi) is 7.69. The van der Waals surface area contributed by atoms with Crippen LogP contribution in [0.3, 0.4) is 0 Å². The van der Waals surface area contributed by atoms with Crippen LogP contribution < -0.4 is 15.4 Å². The molecule has 1 aliphatic heterocycles. The van der Waals surface area contributed by atoms with Crippen molar-refractivity contribution < 1.29 is 23.0 Å². The van der Waals surface area contributed by atoms with Gasteiger partial charge in [0.15, 0.2) is 0 Å². The van der Waals surface area contributed by atoms with Crippen LogP contribution in [0, 0.1) is 5.92 Å². The van der Waals surface area contributed by atoms with Crippen molar-refractivity contribution >= 4 is 11.9 Å². The number of halogens is 2. The first-order chi connectivity index (χ1) is 16.0. The lowest BCUT2D eigenvalue weighted by atomic mass is 9.86. The first kappa shape index (κ1) is 23.4. The number of anilines is 1. The summed E-state index contributed by atoms with van der Waals surface area (Å²) in [5.41, 5.74) is 2.87. The number of benzene rings is 1. The molecule has 2 aliphatic rings. The number of ether oxygens (including phenoxy) is 2. The topological polar surface area (TPSA) is 85.4 Å². The molecule has 1 fully saturated rings. The van der Waals surface area contributed by atoms with Gasteiger partial charge < -0.3 is 20.1 Å². The zero-order valence-corrected chi connectivity index (χ0v) is 18.7. The summed E-state index contributed by atoms with van der Waals surface area (Å²) >= 11 is 0. The summed E-state index contributed by atoms with van der Waals surface area (Å²) in [4.78, 5) is 22.2. The summed E-state index contributed by atoms with van der Waals surface area (Å²) in [6.45, 7) is 0.603. The average molecular weight is 461 g/mol. The molecular formula is C24H30F2N4O3. The van der Waals surface area contributed by atoms with Crippen LogP contribution in [0.15, 0.2) is 30.5 Å². The highest BCUT2D eigenvalue weighted by atomic mass is 19.3. The molecule has 0 radical (unpaired) electrons. The van der Waals surface area contributed by atoms with Gasteiger partial charge in [0.05, 0.1) is 6.04 Å². The molecule has 178 valence electrons. The molecule has 0 spiro atoms. The van der Waals surface area contributed by atoms with E-state index in [9.17, 15) is 13.6 Å². The number of nitrogens with zero attached hydrogens (tertiary/aromatic N) is 2. The van der Waals surface area contributed by atoms with Gasteiger partial charge in [0.25, 0.3) is 0 Å². The molecule has 9 heteroatoms. The van der Waals surface area contributed by atoms with Gasteiger partial charge in [0, 0.05) is 43.5 Å². The third-order valence-corrected chi connectivity index (χ3v) is 6.31. The van der Waals surface area contributed by atoms with Crippen molar-refractivity contribution in [1.82, 2.24) is 15.3 Å². The Morgan fingerprint density at radius 2 is 1.97 bits per heavy atom. The molecule has 0 saturated carbocycles. The van der Waals surface area contributed by atoms with E-state index in [1.165, 1.54) is 12.1 Å². The fourth-order valence-electron chi connectivity index (χ4n) is 4.40. The van der Waals surface area contributed by atoms with Crippen molar-refractivity contribution in [1.29, 1.82) is 0 Å². The molecule has 7 nitrogen and oxygen atoms in total. The smallest absolute Gasteiger partial charge is 0.387 e. The first-order valence-electron chi connectivity index (χ1n) is 11.6. The van der Waals surface area contributed by atoms with Crippen LogP contribution in [-0.4, -0.2) is 41.7 Å². The fraction of sp³-hybridized carbons (Fsp3) is 0.542. The number of fused-ring (bicyclic) bond motifs is 1. The highest BCUT2D eigenvalue weighted by Crippen LogP contribution is 2.27. The predicted octanol–water partition coefficient (Wildman–Crippen LogP) is 4.04. The minimum absolute atomic E-state index is 0.0158. The Labute approximate surface area is 192 Å². The van der Waals surface area contributed by atoms with E-state index in [-0.39, 0.29) is 23.6 Å². The SMILES string of the molecule is CC[C@@H](NC(=O)[C@@H]1CCc2cnc(NC3CCOCC3)nc2C1)c1ccc(OC(F)F)cc1. The van der Waals surface area contributed by atoms with E-state index in [1.807, 2.05) is 13.1 Å². The normalized spacial score (nSPS) is 19.6. The Balaban J connectivity index is 1.37. The minimum Gasteiger partial charge on any atom is -0.435 e. The maximum atomic E-state index is 13.1. The van der Waals surface area contributed by atoms with Gasteiger partial charge in [-0.25, -0.2) is 9.97 Å². The van der Waals surface area contributed by atoms with Crippen LogP contribution in [0.1, 0.15) is 55.5 Å². The second-order valence-electron chi connectivity index (χ2n) is 8.55. The van der Waals surface area contributed by atoms with Gasteiger partial charge in [-0.15, -0.1) is 0 Å². The second-order valence-corrected chi connectivity index (χ2v) is 8.55. The van der Waals surface area contributed by atoms with Crippen LogP contribution in [-0.2, 0) is 22.4 Å². The van der Waals surface area contributed by atoms with Crippen LogP contribution in [0.2, 0.25) is 0 Å². The molecule has 2 N–H and O–H groups in total. The van der Waals surface area contributed by atoms with Gasteiger partial charge in [0.1, 0.15) is 5.75 Å². The van der Waals surface area contributed by atoms with Gasteiger partial charge in [-0.3, -0.25) is 4.79 Å². The number of alkyl halides is 2. The third kappa shape index (κ3) is 6.16. The average Bonchev–Trinajstić information content (AvgIpc) is 2.83. The Bertz CT molecular complexity index is 936. The molecule has 1 aliphatic carbocycles. The van der Waals surface area contributed by atoms with E-state index in [4.69, 9.17) is 9.72 Å². The molecule has 4 rings (SSSR count). The molecule has 1 aromatic carbocycles. The van der Waals surface area contributed by atoms with E-state index >= 15 is 0 Å². The van der Waals surface area contributed by atoms with Crippen LogP contribution >= 0.6 is 0 Å². The molecule has 0 bridgehead atoms. The van der Waals surface area contributed by atoms with Gasteiger partial charge in [0.2, 0.25) is 11.9 Å². The summed E-state index contributed by atoms with van der Waals surface area (Å²) in [7, 11) is 0. The summed E-state index contributed by atoms with van der Waals surface area (Å²) in [6.07, 6.45) is 6.50. The number of rotatable bonds is 8. The number of aromatic nitrogens is 2. The highest BCUT2D eigenvalue weighted by molar-refractivity contribution is 5.79. The summed E-state index contributed by atoms with van der Waals surface area (Å²) in [6, 6.07) is 6.53. The van der Waals surface area contributed by atoms with E-state index in [0.717, 1.165) is 55.7 Å². The summed E-state index contributed by atoms with van der Waals surface area (Å²) < 4.78 is 34.6. The monoisotopic (exact) mass is 460 g/mol. The number of hydrogen-bond acceptors (Lipinski definition) is 6. The molecule has 1 amide bonds. The van der Waals surface area contributed by atoms with Crippen molar-refractivity contribution in [2.24, 2.45) is 5.92 Å². The Hall–Kier alpha value is -2.81. The highest BCUT2D eigenvalue weighted by Gasteiger charge is 2.28. The lowest BCUT2D eigenvalue weighted by Gasteiger charge is -2.27. The van der Waals surface area contributed by atoms with Gasteiger partial charge in [-0.05, 0) is 55.4 Å². The minimum atomic E-state index is -2.86. The zero-order chi connectivity index (χ0) is 23.2. The van der Waals surface area contributed by atoms with E-state index < -0.39 is 6.61 Å². The number of nitrogens with one attached hydrogen (secondary N) is 2. The largest absolute Gasteiger partial charge is 0.435 e. The van der Waals surface area contributed by atoms with Crippen LogP contribution in [0.4, 0.5) is 14.7 Å². The molecule has 1 aromatic heterocycles. The number of carbonyl (C=O) groups is 1. The molecule has 2 atom stereocenters. The molecule has 2 heterocycles. The summed E-state index contributed by atoms with van der Waals surface area (Å²) in [5, 5.41) is 6.52. The van der Waals surface area contributed by atoms with Crippen molar-refractivity contribution in [2.45, 2.75) is 64.1 Å². The lowest BCUT2D eigenvalue weighted by Crippen LogP contribution is -2.37. The van der Waals surface area contributed by atoms with E-state index in [2.05, 4.69) is 20.4 Å². The van der Waals surface area contributed by atoms with Crippen LogP contribution in [0.5, 0.6) is 5.75 Å². The Morgan fingerprint density at radius 1 is 1.21 bits per heavy atom. The number of hydrogen-bond donors (Lipinski definition) is 2. The predicted molar refractivity (Wildman–Crippen MR) is 119 cm³/mol. The first-order valence-corrected chi connectivity index (χ1v) is 11.6. The number of carbonyl (C=O) groups excluding carboxylic acids is 1. The van der Waals surface area contributed by atoms with E-state index in [1.54, 1.807) is 12.1 Å². The molecule has 33 heavy (non-hydrogen) atoms. The van der Waals surface area contributed by atoms with Crippen molar-refractivity contribution in [2.75, 3.05) is 18.5 Å². The van der Waals surface area contributed by atoms with Crippen molar-refractivity contribution in [3.05, 3.63) is 47.3 Å². The second kappa shape index (κ2) is 10.9.